The second-order valence-electron chi connectivity index (χ2n) is 4.56. The number of aromatic carboxylic acids is 1. The van der Waals surface area contributed by atoms with E-state index in [1.165, 1.54) is 24.3 Å². The van der Waals surface area contributed by atoms with Crippen LogP contribution in [0, 0.1) is 6.92 Å². The smallest absolute Gasteiger partial charge is 0.335 e. The Balaban J connectivity index is 2.25. The predicted molar refractivity (Wildman–Crippen MR) is 82.0 cm³/mol. The van der Waals surface area contributed by atoms with Gasteiger partial charge < -0.3 is 16.2 Å². The van der Waals surface area contributed by atoms with Crippen LogP contribution in [0.3, 0.4) is 0 Å². The van der Waals surface area contributed by atoms with Crippen LogP contribution in [0.25, 0.3) is 0 Å². The van der Waals surface area contributed by atoms with E-state index in [4.69, 9.17) is 22.4 Å². The lowest BCUT2D eigenvalue weighted by Crippen LogP contribution is -2.13. The Morgan fingerprint density at radius 2 is 1.86 bits per heavy atom. The number of aryl methyl sites for hydroxylation is 1. The lowest BCUT2D eigenvalue weighted by Gasteiger charge is -2.10. The summed E-state index contributed by atoms with van der Waals surface area (Å²) in [6.07, 6.45) is 0. The molecule has 0 radical (unpaired) electrons. The molecule has 0 spiro atoms. The molecule has 0 bridgehead atoms. The van der Waals surface area contributed by atoms with E-state index in [2.05, 4.69) is 5.32 Å². The van der Waals surface area contributed by atoms with Crippen LogP contribution in [-0.4, -0.2) is 17.0 Å². The molecule has 1 amide bonds. The van der Waals surface area contributed by atoms with Crippen LogP contribution < -0.4 is 11.1 Å². The summed E-state index contributed by atoms with van der Waals surface area (Å²) in [6, 6.07) is 9.04. The first-order chi connectivity index (χ1) is 9.86. The third kappa shape index (κ3) is 3.52. The Bertz CT molecular complexity index is 709. The molecule has 2 aromatic carbocycles. The SMILES string of the molecule is Cc1cc(C(=O)O)ccc1NC(=O)c1cc(N)cc(Cl)c1. The Kier molecular flexibility index (Phi) is 4.14. The molecule has 0 unspecified atom stereocenters. The van der Waals surface area contributed by atoms with Crippen molar-refractivity contribution in [2.75, 3.05) is 11.1 Å². The maximum absolute atomic E-state index is 12.1. The zero-order chi connectivity index (χ0) is 15.6. The average Bonchev–Trinajstić information content (AvgIpc) is 2.39. The molecular weight excluding hydrogens is 292 g/mol. The van der Waals surface area contributed by atoms with Gasteiger partial charge in [0, 0.05) is 22.0 Å². The van der Waals surface area contributed by atoms with Crippen LogP contribution in [0.2, 0.25) is 5.02 Å². The molecular formula is C15H13ClN2O3. The number of nitrogen functional groups attached to an aromatic ring is 1. The normalized spacial score (nSPS) is 10.2. The molecule has 5 nitrogen and oxygen atoms in total. The molecule has 0 fully saturated rings. The van der Waals surface area contributed by atoms with E-state index >= 15 is 0 Å². The van der Waals surface area contributed by atoms with Crippen LogP contribution in [0.1, 0.15) is 26.3 Å². The minimum absolute atomic E-state index is 0.164. The fraction of sp³-hybridized carbons (Fsp3) is 0.0667. The van der Waals surface area contributed by atoms with Gasteiger partial charge in [0.25, 0.3) is 5.91 Å². The maximum atomic E-state index is 12.1. The van der Waals surface area contributed by atoms with Crippen molar-refractivity contribution in [3.05, 3.63) is 58.1 Å². The second-order valence-corrected chi connectivity index (χ2v) is 5.00. The summed E-state index contributed by atoms with van der Waals surface area (Å²) >= 11 is 5.86. The van der Waals surface area contributed by atoms with E-state index in [1.54, 1.807) is 19.1 Å². The predicted octanol–water partition coefficient (Wildman–Crippen LogP) is 3.18. The molecule has 0 saturated carbocycles. The van der Waals surface area contributed by atoms with Crippen molar-refractivity contribution >= 4 is 34.9 Å². The summed E-state index contributed by atoms with van der Waals surface area (Å²) in [5.74, 6) is -1.38. The van der Waals surface area contributed by atoms with E-state index in [0.29, 0.717) is 27.5 Å². The molecule has 0 atom stereocenters. The van der Waals surface area contributed by atoms with E-state index in [1.807, 2.05) is 0 Å². The first-order valence-electron chi connectivity index (χ1n) is 6.08. The van der Waals surface area contributed by atoms with Gasteiger partial charge in [-0.2, -0.15) is 0 Å². The van der Waals surface area contributed by atoms with Gasteiger partial charge in [-0.25, -0.2) is 4.79 Å². The number of rotatable bonds is 3. The Morgan fingerprint density at radius 3 is 2.43 bits per heavy atom. The summed E-state index contributed by atoms with van der Waals surface area (Å²) in [4.78, 5) is 23.0. The number of amides is 1. The Hall–Kier alpha value is -2.53. The molecule has 6 heteroatoms. The number of halogens is 1. The van der Waals surface area contributed by atoms with E-state index in [-0.39, 0.29) is 11.5 Å². The van der Waals surface area contributed by atoms with Gasteiger partial charge in [0.2, 0.25) is 0 Å². The van der Waals surface area contributed by atoms with Crippen molar-refractivity contribution in [1.29, 1.82) is 0 Å². The van der Waals surface area contributed by atoms with Gasteiger partial charge in [-0.05, 0) is 48.9 Å². The summed E-state index contributed by atoms with van der Waals surface area (Å²) in [5, 5.41) is 12.0. The van der Waals surface area contributed by atoms with E-state index in [0.717, 1.165) is 0 Å². The van der Waals surface area contributed by atoms with Crippen molar-refractivity contribution in [1.82, 2.24) is 0 Å². The number of hydrogen-bond acceptors (Lipinski definition) is 3. The lowest BCUT2D eigenvalue weighted by atomic mass is 10.1. The number of carboxylic acids is 1. The molecule has 2 rings (SSSR count). The highest BCUT2D eigenvalue weighted by Gasteiger charge is 2.11. The van der Waals surface area contributed by atoms with Gasteiger partial charge in [0.05, 0.1) is 5.56 Å². The topological polar surface area (TPSA) is 92.4 Å². The van der Waals surface area contributed by atoms with Gasteiger partial charge in [-0.3, -0.25) is 4.79 Å². The molecule has 108 valence electrons. The van der Waals surface area contributed by atoms with Crippen LogP contribution in [0.15, 0.2) is 36.4 Å². The molecule has 0 aromatic heterocycles. The van der Waals surface area contributed by atoms with Gasteiger partial charge in [-0.15, -0.1) is 0 Å². The average molecular weight is 305 g/mol. The first kappa shape index (κ1) is 14.9. The largest absolute Gasteiger partial charge is 0.478 e. The third-order valence-electron chi connectivity index (χ3n) is 2.90. The number of carbonyl (C=O) groups excluding carboxylic acids is 1. The fourth-order valence-electron chi connectivity index (χ4n) is 1.87. The van der Waals surface area contributed by atoms with E-state index < -0.39 is 5.97 Å². The third-order valence-corrected chi connectivity index (χ3v) is 3.12. The summed E-state index contributed by atoms with van der Waals surface area (Å²) < 4.78 is 0. The minimum Gasteiger partial charge on any atom is -0.478 e. The van der Waals surface area contributed by atoms with Gasteiger partial charge in [0.15, 0.2) is 0 Å². The molecule has 0 heterocycles. The number of benzene rings is 2. The van der Waals surface area contributed by atoms with Gasteiger partial charge in [0.1, 0.15) is 0 Å². The van der Waals surface area contributed by atoms with Gasteiger partial charge >= 0.3 is 5.97 Å². The summed E-state index contributed by atoms with van der Waals surface area (Å²) in [7, 11) is 0. The molecule has 0 saturated heterocycles. The highest BCUT2D eigenvalue weighted by Crippen LogP contribution is 2.20. The standard InChI is InChI=1S/C15H13ClN2O3/c1-8-4-9(15(20)21)2-3-13(8)18-14(19)10-5-11(16)7-12(17)6-10/h2-7H,17H2,1H3,(H,18,19)(H,20,21). The van der Waals surface area contributed by atoms with Crippen molar-refractivity contribution in [2.24, 2.45) is 0 Å². The van der Waals surface area contributed by atoms with Gasteiger partial charge in [-0.1, -0.05) is 11.6 Å². The second kappa shape index (κ2) is 5.85. The lowest BCUT2D eigenvalue weighted by molar-refractivity contribution is 0.0696. The maximum Gasteiger partial charge on any atom is 0.335 e. The zero-order valence-corrected chi connectivity index (χ0v) is 11.9. The van der Waals surface area contributed by atoms with Crippen molar-refractivity contribution in [2.45, 2.75) is 6.92 Å². The van der Waals surface area contributed by atoms with Crippen LogP contribution in [0.4, 0.5) is 11.4 Å². The molecule has 0 aliphatic carbocycles. The zero-order valence-electron chi connectivity index (χ0n) is 11.2. The molecule has 4 N–H and O–H groups in total. The van der Waals surface area contributed by atoms with E-state index in [9.17, 15) is 9.59 Å². The number of carbonyl (C=O) groups is 2. The quantitative estimate of drug-likeness (QED) is 0.759. The summed E-state index contributed by atoms with van der Waals surface area (Å²) in [5.41, 5.74) is 7.72. The van der Waals surface area contributed by atoms with Crippen LogP contribution in [-0.2, 0) is 0 Å². The number of hydrogen-bond donors (Lipinski definition) is 3. The number of nitrogens with two attached hydrogens (primary N) is 1. The van der Waals surface area contributed by atoms with Crippen molar-refractivity contribution < 1.29 is 14.7 Å². The summed E-state index contributed by atoms with van der Waals surface area (Å²) in [6.45, 7) is 1.72. The highest BCUT2D eigenvalue weighted by atomic mass is 35.5. The molecule has 0 aliphatic rings. The minimum atomic E-state index is -1.02. The molecule has 2 aromatic rings. The van der Waals surface area contributed by atoms with Crippen molar-refractivity contribution in [3.8, 4) is 0 Å². The highest BCUT2D eigenvalue weighted by molar-refractivity contribution is 6.31. The Labute approximate surface area is 126 Å². The fourth-order valence-corrected chi connectivity index (χ4v) is 2.12. The Morgan fingerprint density at radius 1 is 1.14 bits per heavy atom. The number of anilines is 2. The first-order valence-corrected chi connectivity index (χ1v) is 6.46. The molecule has 0 aliphatic heterocycles. The number of nitrogens with one attached hydrogen (secondary N) is 1. The number of carboxylic acid groups (broad SMARTS) is 1. The monoisotopic (exact) mass is 304 g/mol. The van der Waals surface area contributed by atoms with Crippen LogP contribution >= 0.6 is 11.6 Å². The molecule has 21 heavy (non-hydrogen) atoms. The van der Waals surface area contributed by atoms with Crippen molar-refractivity contribution in [3.63, 3.8) is 0 Å². The van der Waals surface area contributed by atoms with Crippen LogP contribution in [0.5, 0.6) is 0 Å².